The molecule has 0 aliphatic carbocycles. The van der Waals surface area contributed by atoms with E-state index in [4.69, 9.17) is 5.11 Å². The van der Waals surface area contributed by atoms with Crippen LogP contribution in [-0.2, 0) is 19.5 Å². The summed E-state index contributed by atoms with van der Waals surface area (Å²) in [4.78, 5) is 17.3. The first kappa shape index (κ1) is 13.8. The Hall–Kier alpha value is -1.66. The van der Waals surface area contributed by atoms with Crippen LogP contribution in [0, 0.1) is 6.92 Å². The Labute approximate surface area is 112 Å². The Morgan fingerprint density at radius 2 is 2.16 bits per heavy atom. The van der Waals surface area contributed by atoms with Gasteiger partial charge in [-0.1, -0.05) is 6.92 Å². The van der Waals surface area contributed by atoms with Gasteiger partial charge in [-0.05, 0) is 6.92 Å². The Bertz CT molecular complexity index is 491. The number of rotatable bonds is 7. The van der Waals surface area contributed by atoms with Gasteiger partial charge >= 0.3 is 0 Å². The lowest BCUT2D eigenvalue weighted by Crippen LogP contribution is -2.27. The lowest BCUT2D eigenvalue weighted by Gasteiger charge is -2.19. The lowest BCUT2D eigenvalue weighted by molar-refractivity contribution is 0.180. The molecular weight excluding hydrogens is 242 g/mol. The lowest BCUT2D eigenvalue weighted by atomic mass is 10.3. The quantitative estimate of drug-likeness (QED) is 0.696. The fraction of sp³-hybridized carbons (Fsp3) is 0.538. The van der Waals surface area contributed by atoms with E-state index in [0.29, 0.717) is 19.6 Å². The molecule has 0 aliphatic rings. The zero-order chi connectivity index (χ0) is 13.7. The molecule has 0 unspecified atom stereocenters. The molecule has 6 heteroatoms. The van der Waals surface area contributed by atoms with Crippen LogP contribution in [0.2, 0.25) is 0 Å². The van der Waals surface area contributed by atoms with Crippen molar-refractivity contribution in [3.05, 3.63) is 35.4 Å². The van der Waals surface area contributed by atoms with Gasteiger partial charge in [0.2, 0.25) is 0 Å². The first-order chi connectivity index (χ1) is 9.22. The number of aryl methyl sites for hydroxylation is 2. The van der Waals surface area contributed by atoms with Crippen LogP contribution < -0.4 is 0 Å². The molecule has 0 aromatic carbocycles. The molecule has 0 spiro atoms. The smallest absolute Gasteiger partial charge is 0.120 e. The van der Waals surface area contributed by atoms with E-state index in [-0.39, 0.29) is 6.61 Å². The largest absolute Gasteiger partial charge is 0.395 e. The molecule has 2 rings (SSSR count). The standard InChI is InChI=1S/C13H21N5O/c1-3-12-16-10(2)11(17-12)8-18(6-7-19)9-13-14-4-5-15-13/h4-5,19H,3,6-9H2,1-2H3,(H,14,15)(H,16,17). The summed E-state index contributed by atoms with van der Waals surface area (Å²) < 4.78 is 0. The van der Waals surface area contributed by atoms with E-state index in [2.05, 4.69) is 31.8 Å². The van der Waals surface area contributed by atoms with Gasteiger partial charge in [-0.15, -0.1) is 0 Å². The Morgan fingerprint density at radius 1 is 1.32 bits per heavy atom. The van der Waals surface area contributed by atoms with Crippen LogP contribution in [0.15, 0.2) is 12.4 Å². The van der Waals surface area contributed by atoms with Gasteiger partial charge in [0.15, 0.2) is 0 Å². The van der Waals surface area contributed by atoms with Gasteiger partial charge in [-0.3, -0.25) is 4.90 Å². The van der Waals surface area contributed by atoms with Gasteiger partial charge < -0.3 is 15.1 Å². The van der Waals surface area contributed by atoms with Gasteiger partial charge in [0.05, 0.1) is 18.8 Å². The average molecular weight is 263 g/mol. The van der Waals surface area contributed by atoms with Gasteiger partial charge in [0.1, 0.15) is 11.6 Å². The molecule has 6 nitrogen and oxygen atoms in total. The van der Waals surface area contributed by atoms with Crippen molar-refractivity contribution < 1.29 is 5.11 Å². The number of H-pyrrole nitrogens is 2. The highest BCUT2D eigenvalue weighted by Gasteiger charge is 2.12. The summed E-state index contributed by atoms with van der Waals surface area (Å²) in [6, 6.07) is 0. The summed E-state index contributed by atoms with van der Waals surface area (Å²) in [6.07, 6.45) is 4.45. The molecule has 2 aromatic rings. The normalized spacial score (nSPS) is 11.4. The maximum Gasteiger partial charge on any atom is 0.120 e. The Kier molecular flexibility index (Phi) is 4.70. The highest BCUT2D eigenvalue weighted by molar-refractivity contribution is 5.13. The van der Waals surface area contributed by atoms with Crippen LogP contribution >= 0.6 is 0 Å². The van der Waals surface area contributed by atoms with E-state index in [1.165, 1.54) is 0 Å². The van der Waals surface area contributed by atoms with Crippen molar-refractivity contribution in [2.45, 2.75) is 33.4 Å². The molecule has 0 bridgehead atoms. The van der Waals surface area contributed by atoms with Crippen LogP contribution in [0.5, 0.6) is 0 Å². The van der Waals surface area contributed by atoms with Crippen molar-refractivity contribution >= 4 is 0 Å². The molecule has 3 N–H and O–H groups in total. The summed E-state index contributed by atoms with van der Waals surface area (Å²) in [5.41, 5.74) is 2.14. The van der Waals surface area contributed by atoms with Crippen LogP contribution in [0.25, 0.3) is 0 Å². The number of aliphatic hydroxyl groups excluding tert-OH is 1. The number of hydrogen-bond acceptors (Lipinski definition) is 4. The number of aliphatic hydroxyl groups is 1. The third-order valence-electron chi connectivity index (χ3n) is 3.09. The van der Waals surface area contributed by atoms with Gasteiger partial charge in [-0.2, -0.15) is 0 Å². The third-order valence-corrected chi connectivity index (χ3v) is 3.09. The molecule has 2 heterocycles. The highest BCUT2D eigenvalue weighted by Crippen LogP contribution is 2.10. The minimum absolute atomic E-state index is 0.130. The zero-order valence-corrected chi connectivity index (χ0v) is 11.5. The van der Waals surface area contributed by atoms with Crippen LogP contribution in [-0.4, -0.2) is 43.1 Å². The summed E-state index contributed by atoms with van der Waals surface area (Å²) in [6.45, 7) is 6.24. The van der Waals surface area contributed by atoms with Crippen molar-refractivity contribution in [2.75, 3.05) is 13.2 Å². The number of nitrogens with one attached hydrogen (secondary N) is 2. The molecule has 0 aliphatic heterocycles. The molecule has 0 saturated carbocycles. The number of hydrogen-bond donors (Lipinski definition) is 3. The van der Waals surface area contributed by atoms with E-state index in [9.17, 15) is 0 Å². The molecular formula is C13H21N5O. The van der Waals surface area contributed by atoms with Crippen molar-refractivity contribution in [1.29, 1.82) is 0 Å². The van der Waals surface area contributed by atoms with Crippen molar-refractivity contribution in [3.8, 4) is 0 Å². The van der Waals surface area contributed by atoms with Gasteiger partial charge in [0, 0.05) is 37.6 Å². The predicted molar refractivity (Wildman–Crippen MR) is 72.5 cm³/mol. The van der Waals surface area contributed by atoms with E-state index >= 15 is 0 Å². The second-order valence-corrected chi connectivity index (χ2v) is 4.58. The van der Waals surface area contributed by atoms with Crippen molar-refractivity contribution in [1.82, 2.24) is 24.8 Å². The summed E-state index contributed by atoms with van der Waals surface area (Å²) in [5, 5.41) is 9.16. The first-order valence-electron chi connectivity index (χ1n) is 6.58. The van der Waals surface area contributed by atoms with E-state index in [1.807, 2.05) is 6.92 Å². The average Bonchev–Trinajstić information content (AvgIpc) is 3.00. The summed E-state index contributed by atoms with van der Waals surface area (Å²) in [7, 11) is 0. The zero-order valence-electron chi connectivity index (χ0n) is 11.5. The number of aromatic amines is 2. The molecule has 2 aromatic heterocycles. The summed E-state index contributed by atoms with van der Waals surface area (Å²) >= 11 is 0. The minimum Gasteiger partial charge on any atom is -0.395 e. The molecule has 19 heavy (non-hydrogen) atoms. The maximum atomic E-state index is 9.16. The number of nitrogens with zero attached hydrogens (tertiary/aromatic N) is 3. The van der Waals surface area contributed by atoms with Crippen LogP contribution in [0.1, 0.15) is 30.0 Å². The van der Waals surface area contributed by atoms with E-state index in [0.717, 1.165) is 29.5 Å². The van der Waals surface area contributed by atoms with Crippen molar-refractivity contribution in [3.63, 3.8) is 0 Å². The second-order valence-electron chi connectivity index (χ2n) is 4.58. The highest BCUT2D eigenvalue weighted by atomic mass is 16.3. The molecule has 0 amide bonds. The fourth-order valence-electron chi connectivity index (χ4n) is 2.05. The molecule has 0 fully saturated rings. The minimum atomic E-state index is 0.130. The molecule has 0 atom stereocenters. The number of aromatic nitrogens is 4. The molecule has 104 valence electrons. The topological polar surface area (TPSA) is 80.8 Å². The monoisotopic (exact) mass is 263 g/mol. The van der Waals surface area contributed by atoms with Crippen LogP contribution in [0.4, 0.5) is 0 Å². The third kappa shape index (κ3) is 3.65. The SMILES string of the molecule is CCc1nc(CN(CCO)Cc2ncc[nH]2)c(C)[nH]1. The Morgan fingerprint density at radius 3 is 2.74 bits per heavy atom. The van der Waals surface area contributed by atoms with Crippen molar-refractivity contribution in [2.24, 2.45) is 0 Å². The maximum absolute atomic E-state index is 9.16. The van der Waals surface area contributed by atoms with Gasteiger partial charge in [-0.25, -0.2) is 9.97 Å². The second kappa shape index (κ2) is 6.49. The van der Waals surface area contributed by atoms with Crippen LogP contribution in [0.3, 0.4) is 0 Å². The van der Waals surface area contributed by atoms with E-state index in [1.54, 1.807) is 12.4 Å². The molecule has 0 radical (unpaired) electrons. The predicted octanol–water partition coefficient (Wildman–Crippen LogP) is 0.998. The summed E-state index contributed by atoms with van der Waals surface area (Å²) in [5.74, 6) is 1.91. The number of imidazole rings is 2. The van der Waals surface area contributed by atoms with Gasteiger partial charge in [0.25, 0.3) is 0 Å². The Balaban J connectivity index is 2.04. The molecule has 0 saturated heterocycles. The van der Waals surface area contributed by atoms with E-state index < -0.39 is 0 Å². The fourth-order valence-corrected chi connectivity index (χ4v) is 2.05. The first-order valence-corrected chi connectivity index (χ1v) is 6.58.